The van der Waals surface area contributed by atoms with Crippen molar-refractivity contribution in [3.05, 3.63) is 40.6 Å². The molecule has 0 amide bonds. The Labute approximate surface area is 132 Å². The maximum Gasteiger partial charge on any atom is 0.146 e. The van der Waals surface area contributed by atoms with Gasteiger partial charge < -0.3 is 9.30 Å². The van der Waals surface area contributed by atoms with Crippen molar-refractivity contribution in [3.63, 3.8) is 0 Å². The number of halogens is 1. The lowest BCUT2D eigenvalue weighted by molar-refractivity contribution is 0.418. The molecule has 0 unspecified atom stereocenters. The number of rotatable bonds is 4. The number of aromatic nitrogens is 3. The number of fused-ring (bicyclic) bond motifs is 1. The second-order valence-electron chi connectivity index (χ2n) is 5.22. The van der Waals surface area contributed by atoms with Crippen molar-refractivity contribution in [2.75, 3.05) is 7.11 Å². The fraction of sp³-hybridized carbons (Fsp3) is 0.333. The molecule has 0 spiro atoms. The van der Waals surface area contributed by atoms with Crippen LogP contribution in [0.5, 0.6) is 5.75 Å². The van der Waals surface area contributed by atoms with E-state index in [2.05, 4.69) is 28.4 Å². The van der Waals surface area contributed by atoms with Crippen LogP contribution in [0.4, 0.5) is 0 Å². The molecule has 110 valence electrons. The second-order valence-corrected chi connectivity index (χ2v) is 6.38. The summed E-state index contributed by atoms with van der Waals surface area (Å²) in [6.45, 7) is 4.25. The van der Waals surface area contributed by atoms with Crippen molar-refractivity contribution in [1.29, 1.82) is 0 Å². The van der Waals surface area contributed by atoms with Crippen molar-refractivity contribution in [2.24, 2.45) is 0 Å². The number of para-hydroxylation sites is 1. The molecule has 0 saturated carbocycles. The Bertz CT molecular complexity index is 765. The molecule has 0 radical (unpaired) electrons. The van der Waals surface area contributed by atoms with Crippen LogP contribution in [0, 0.1) is 0 Å². The maximum absolute atomic E-state index is 6.13. The highest BCUT2D eigenvalue weighted by Crippen LogP contribution is 2.35. The SMILES string of the molecule is COc1cccc2c1nc(CCl)n2C(C)(C)c1nccs1. The number of alkyl halides is 1. The molecule has 0 atom stereocenters. The van der Waals surface area contributed by atoms with Crippen molar-refractivity contribution < 1.29 is 4.74 Å². The highest BCUT2D eigenvalue weighted by Gasteiger charge is 2.30. The Morgan fingerprint density at radius 1 is 1.38 bits per heavy atom. The van der Waals surface area contributed by atoms with Crippen LogP contribution in [0.25, 0.3) is 11.0 Å². The van der Waals surface area contributed by atoms with Crippen molar-refractivity contribution in [1.82, 2.24) is 14.5 Å². The number of benzene rings is 1. The Morgan fingerprint density at radius 3 is 2.81 bits per heavy atom. The number of methoxy groups -OCH3 is 1. The van der Waals surface area contributed by atoms with Gasteiger partial charge in [0.1, 0.15) is 22.1 Å². The summed E-state index contributed by atoms with van der Waals surface area (Å²) in [6.07, 6.45) is 1.82. The molecule has 21 heavy (non-hydrogen) atoms. The number of hydrogen-bond acceptors (Lipinski definition) is 4. The predicted octanol–water partition coefficient (Wildman–Crippen LogP) is 4.02. The van der Waals surface area contributed by atoms with Crippen LogP contribution in [0.2, 0.25) is 0 Å². The largest absolute Gasteiger partial charge is 0.494 e. The molecule has 0 saturated heterocycles. The van der Waals surface area contributed by atoms with Crippen LogP contribution < -0.4 is 4.74 Å². The van der Waals surface area contributed by atoms with E-state index in [1.165, 1.54) is 0 Å². The van der Waals surface area contributed by atoms with Crippen LogP contribution in [-0.2, 0) is 11.4 Å². The number of hydrogen-bond donors (Lipinski definition) is 0. The minimum Gasteiger partial charge on any atom is -0.494 e. The lowest BCUT2D eigenvalue weighted by atomic mass is 10.1. The number of nitrogens with zero attached hydrogens (tertiary/aromatic N) is 3. The molecule has 0 bridgehead atoms. The molecule has 4 nitrogen and oxygen atoms in total. The van der Waals surface area contributed by atoms with Gasteiger partial charge in [-0.15, -0.1) is 22.9 Å². The number of thiazole rings is 1. The predicted molar refractivity (Wildman–Crippen MR) is 86.4 cm³/mol. The Morgan fingerprint density at radius 2 is 2.19 bits per heavy atom. The average Bonchev–Trinajstić information content (AvgIpc) is 3.13. The van der Waals surface area contributed by atoms with Gasteiger partial charge in [-0.25, -0.2) is 9.97 Å². The molecule has 0 aliphatic heterocycles. The summed E-state index contributed by atoms with van der Waals surface area (Å²) >= 11 is 7.76. The first-order valence-electron chi connectivity index (χ1n) is 6.60. The van der Waals surface area contributed by atoms with Gasteiger partial charge >= 0.3 is 0 Å². The molecular weight excluding hydrogens is 306 g/mol. The monoisotopic (exact) mass is 321 g/mol. The summed E-state index contributed by atoms with van der Waals surface area (Å²) in [7, 11) is 1.65. The van der Waals surface area contributed by atoms with E-state index in [1.807, 2.05) is 29.8 Å². The average molecular weight is 322 g/mol. The van der Waals surface area contributed by atoms with E-state index >= 15 is 0 Å². The summed E-state index contributed by atoms with van der Waals surface area (Å²) in [5, 5.41) is 3.01. The Balaban J connectivity index is 2.31. The lowest BCUT2D eigenvalue weighted by Crippen LogP contribution is -2.29. The minimum atomic E-state index is -0.320. The summed E-state index contributed by atoms with van der Waals surface area (Å²) in [5.41, 5.74) is 1.52. The quantitative estimate of drug-likeness (QED) is 0.681. The van der Waals surface area contributed by atoms with E-state index < -0.39 is 0 Å². The third kappa shape index (κ3) is 2.21. The fourth-order valence-electron chi connectivity index (χ4n) is 2.62. The van der Waals surface area contributed by atoms with E-state index in [4.69, 9.17) is 16.3 Å². The van der Waals surface area contributed by atoms with Gasteiger partial charge in [0.2, 0.25) is 0 Å². The van der Waals surface area contributed by atoms with E-state index in [-0.39, 0.29) is 5.54 Å². The summed E-state index contributed by atoms with van der Waals surface area (Å²) in [5.74, 6) is 1.91. The molecule has 0 fully saturated rings. The molecule has 3 rings (SSSR count). The van der Waals surface area contributed by atoms with Gasteiger partial charge in [0.25, 0.3) is 0 Å². The van der Waals surface area contributed by atoms with Crippen LogP contribution in [0.3, 0.4) is 0 Å². The zero-order valence-corrected chi connectivity index (χ0v) is 13.7. The van der Waals surface area contributed by atoms with Gasteiger partial charge in [-0.3, -0.25) is 0 Å². The Kier molecular flexibility index (Phi) is 3.63. The van der Waals surface area contributed by atoms with Crippen molar-refractivity contribution in [2.45, 2.75) is 25.3 Å². The molecule has 1 aromatic carbocycles. The summed E-state index contributed by atoms with van der Waals surface area (Å²) in [4.78, 5) is 9.13. The number of imidazole rings is 1. The molecule has 0 N–H and O–H groups in total. The molecule has 0 aliphatic carbocycles. The molecule has 3 aromatic rings. The van der Waals surface area contributed by atoms with Gasteiger partial charge in [-0.05, 0) is 26.0 Å². The first-order valence-corrected chi connectivity index (χ1v) is 8.01. The van der Waals surface area contributed by atoms with E-state index in [1.54, 1.807) is 18.4 Å². The Hall–Kier alpha value is -1.59. The van der Waals surface area contributed by atoms with Gasteiger partial charge in [0, 0.05) is 11.6 Å². The third-order valence-corrected chi connectivity index (χ3v) is 4.90. The second kappa shape index (κ2) is 5.31. The van der Waals surface area contributed by atoms with E-state index in [0.717, 1.165) is 27.6 Å². The zero-order valence-electron chi connectivity index (χ0n) is 12.1. The van der Waals surface area contributed by atoms with Gasteiger partial charge in [0.15, 0.2) is 0 Å². The topological polar surface area (TPSA) is 39.9 Å². The normalized spacial score (nSPS) is 12.0. The standard InChI is InChI=1S/C15H16ClN3OS/c1-15(2,14-17-7-8-21-14)19-10-5-4-6-11(20-3)13(10)18-12(19)9-16/h4-8H,9H2,1-3H3. The van der Waals surface area contributed by atoms with Crippen LogP contribution in [0.1, 0.15) is 24.7 Å². The number of ether oxygens (including phenoxy) is 1. The first kappa shape index (κ1) is 14.4. The van der Waals surface area contributed by atoms with Crippen molar-refractivity contribution in [3.8, 4) is 5.75 Å². The highest BCUT2D eigenvalue weighted by molar-refractivity contribution is 7.09. The van der Waals surface area contributed by atoms with Gasteiger partial charge in [-0.2, -0.15) is 0 Å². The van der Waals surface area contributed by atoms with Crippen LogP contribution >= 0.6 is 22.9 Å². The highest BCUT2D eigenvalue weighted by atomic mass is 35.5. The van der Waals surface area contributed by atoms with Crippen LogP contribution in [0.15, 0.2) is 29.8 Å². The smallest absolute Gasteiger partial charge is 0.146 e. The molecule has 2 heterocycles. The zero-order chi connectivity index (χ0) is 15.0. The van der Waals surface area contributed by atoms with Crippen molar-refractivity contribution >= 4 is 34.0 Å². The van der Waals surface area contributed by atoms with Gasteiger partial charge in [-0.1, -0.05) is 6.07 Å². The fourth-order valence-corrected chi connectivity index (χ4v) is 3.55. The molecule has 0 aliphatic rings. The third-order valence-electron chi connectivity index (χ3n) is 3.57. The maximum atomic E-state index is 6.13. The molecule has 6 heteroatoms. The summed E-state index contributed by atoms with van der Waals surface area (Å²) < 4.78 is 7.56. The van der Waals surface area contributed by atoms with E-state index in [0.29, 0.717) is 5.88 Å². The van der Waals surface area contributed by atoms with Crippen LogP contribution in [-0.4, -0.2) is 21.6 Å². The first-order chi connectivity index (χ1) is 10.1. The lowest BCUT2D eigenvalue weighted by Gasteiger charge is -2.27. The van der Waals surface area contributed by atoms with Gasteiger partial charge in [0.05, 0.1) is 24.0 Å². The molecule has 2 aromatic heterocycles. The van der Waals surface area contributed by atoms with E-state index in [9.17, 15) is 0 Å². The summed E-state index contributed by atoms with van der Waals surface area (Å²) in [6, 6.07) is 5.92. The minimum absolute atomic E-state index is 0.320. The molecular formula is C15H16ClN3OS.